The minimum atomic E-state index is -0.781. The fourth-order valence-corrected chi connectivity index (χ4v) is 3.86. The van der Waals surface area contributed by atoms with Crippen LogP contribution in [-0.4, -0.2) is 24.6 Å². The lowest BCUT2D eigenvalue weighted by molar-refractivity contribution is -0.142. The summed E-state index contributed by atoms with van der Waals surface area (Å²) in [6.45, 7) is 2.17. The molecule has 4 rings (SSSR count). The van der Waals surface area contributed by atoms with Gasteiger partial charge < -0.3 is 14.2 Å². The van der Waals surface area contributed by atoms with Gasteiger partial charge in [-0.25, -0.2) is 9.59 Å². The van der Waals surface area contributed by atoms with Crippen LogP contribution >= 0.6 is 0 Å². The van der Waals surface area contributed by atoms with E-state index in [1.165, 1.54) is 11.6 Å². The number of hydrogen-bond acceptors (Lipinski definition) is 5. The molecular weight excluding hydrogens is 464 g/mol. The minimum Gasteiger partial charge on any atom is -0.479 e. The molecule has 0 saturated carbocycles. The summed E-state index contributed by atoms with van der Waals surface area (Å²) in [7, 11) is 0. The number of esters is 2. The van der Waals surface area contributed by atoms with Crippen LogP contribution in [0.3, 0.4) is 0 Å². The zero-order valence-corrected chi connectivity index (χ0v) is 20.8. The third kappa shape index (κ3) is 7.55. The Kier molecular flexibility index (Phi) is 9.08. The van der Waals surface area contributed by atoms with Crippen LogP contribution in [0.25, 0.3) is 11.1 Å². The third-order valence-corrected chi connectivity index (χ3v) is 5.85. The molecule has 4 aromatic rings. The third-order valence-electron chi connectivity index (χ3n) is 5.85. The summed E-state index contributed by atoms with van der Waals surface area (Å²) in [6, 6.07) is 34.1. The van der Waals surface area contributed by atoms with Crippen molar-refractivity contribution in [2.24, 2.45) is 0 Å². The van der Waals surface area contributed by atoms with E-state index in [9.17, 15) is 9.59 Å². The molecule has 0 aromatic heterocycles. The molecule has 1 atom stereocenters. The zero-order valence-electron chi connectivity index (χ0n) is 20.8. The van der Waals surface area contributed by atoms with Crippen molar-refractivity contribution in [1.82, 2.24) is 0 Å². The Bertz CT molecular complexity index is 1280. The quantitative estimate of drug-likeness (QED) is 0.129. The van der Waals surface area contributed by atoms with Gasteiger partial charge in [0.15, 0.2) is 6.10 Å². The average molecular weight is 495 g/mol. The van der Waals surface area contributed by atoms with E-state index in [4.69, 9.17) is 14.2 Å². The number of carbonyl (C=O) groups excluding carboxylic acids is 2. The standard InChI is InChI=1S/C32H30O5/c1-2-30(36-28-20-18-26(19-21-28)25-14-7-4-8-15-25)32(34)37-29-17-9-16-27(23-29)31(33)35-22-10-13-24-11-5-3-6-12-24/h3-9,11-12,14-21,23,30H,2,10,13,22H2,1H3. The minimum absolute atomic E-state index is 0.269. The molecule has 0 radical (unpaired) electrons. The second-order valence-corrected chi connectivity index (χ2v) is 8.58. The number of hydrogen-bond donors (Lipinski definition) is 0. The molecule has 188 valence electrons. The zero-order chi connectivity index (χ0) is 25.9. The van der Waals surface area contributed by atoms with Crippen molar-refractivity contribution < 1.29 is 23.8 Å². The number of ether oxygens (including phenoxy) is 3. The van der Waals surface area contributed by atoms with E-state index in [2.05, 4.69) is 0 Å². The van der Waals surface area contributed by atoms with Crippen molar-refractivity contribution >= 4 is 11.9 Å². The van der Waals surface area contributed by atoms with E-state index in [0.29, 0.717) is 24.3 Å². The van der Waals surface area contributed by atoms with Crippen LogP contribution in [0.4, 0.5) is 0 Å². The highest BCUT2D eigenvalue weighted by Crippen LogP contribution is 2.24. The highest BCUT2D eigenvalue weighted by molar-refractivity contribution is 5.90. The van der Waals surface area contributed by atoms with Gasteiger partial charge in [0.25, 0.3) is 0 Å². The lowest BCUT2D eigenvalue weighted by atomic mass is 10.1. The molecule has 0 N–H and O–H groups in total. The number of rotatable bonds is 11. The van der Waals surface area contributed by atoms with Crippen LogP contribution in [0.5, 0.6) is 11.5 Å². The Hall–Kier alpha value is -4.38. The molecule has 5 heteroatoms. The van der Waals surface area contributed by atoms with Gasteiger partial charge in [-0.3, -0.25) is 0 Å². The molecule has 1 unspecified atom stereocenters. The van der Waals surface area contributed by atoms with E-state index >= 15 is 0 Å². The van der Waals surface area contributed by atoms with E-state index in [1.807, 2.05) is 91.9 Å². The van der Waals surface area contributed by atoms with Crippen LogP contribution in [0.2, 0.25) is 0 Å². The van der Waals surface area contributed by atoms with Crippen molar-refractivity contribution in [2.75, 3.05) is 6.61 Å². The first-order valence-electron chi connectivity index (χ1n) is 12.5. The molecule has 0 heterocycles. The Morgan fingerprint density at radius 3 is 2.11 bits per heavy atom. The van der Waals surface area contributed by atoms with Crippen LogP contribution in [-0.2, 0) is 16.0 Å². The lowest BCUT2D eigenvalue weighted by Gasteiger charge is -2.17. The van der Waals surface area contributed by atoms with Crippen molar-refractivity contribution in [2.45, 2.75) is 32.3 Å². The van der Waals surface area contributed by atoms with Gasteiger partial charge in [0.2, 0.25) is 0 Å². The maximum absolute atomic E-state index is 12.8. The number of carbonyl (C=O) groups is 2. The highest BCUT2D eigenvalue weighted by Gasteiger charge is 2.21. The number of benzene rings is 4. The normalized spacial score (nSPS) is 11.4. The van der Waals surface area contributed by atoms with Gasteiger partial charge in [-0.2, -0.15) is 0 Å². The smallest absolute Gasteiger partial charge is 0.352 e. The molecule has 0 aliphatic heterocycles. The van der Waals surface area contributed by atoms with Gasteiger partial charge in [-0.05, 0) is 66.3 Å². The van der Waals surface area contributed by atoms with Crippen LogP contribution < -0.4 is 9.47 Å². The van der Waals surface area contributed by atoms with Crippen molar-refractivity contribution in [3.8, 4) is 22.6 Å². The average Bonchev–Trinajstić information content (AvgIpc) is 2.95. The Balaban J connectivity index is 1.29. The van der Waals surface area contributed by atoms with Crippen molar-refractivity contribution in [3.05, 3.63) is 120 Å². The van der Waals surface area contributed by atoms with Crippen LogP contribution in [0.15, 0.2) is 109 Å². The second-order valence-electron chi connectivity index (χ2n) is 8.58. The Morgan fingerprint density at radius 2 is 1.41 bits per heavy atom. The largest absolute Gasteiger partial charge is 0.479 e. The summed E-state index contributed by atoms with van der Waals surface area (Å²) in [6.07, 6.45) is 1.21. The summed E-state index contributed by atoms with van der Waals surface area (Å²) >= 11 is 0. The first-order valence-corrected chi connectivity index (χ1v) is 12.5. The maximum atomic E-state index is 12.8. The summed E-state index contributed by atoms with van der Waals surface area (Å²) in [5.74, 6) is -0.128. The fourth-order valence-electron chi connectivity index (χ4n) is 3.86. The second kappa shape index (κ2) is 13.1. The molecule has 5 nitrogen and oxygen atoms in total. The van der Waals surface area contributed by atoms with E-state index in [1.54, 1.807) is 18.2 Å². The topological polar surface area (TPSA) is 61.8 Å². The van der Waals surface area contributed by atoms with Crippen LogP contribution in [0.1, 0.15) is 35.7 Å². The maximum Gasteiger partial charge on any atom is 0.352 e. The van der Waals surface area contributed by atoms with Gasteiger partial charge >= 0.3 is 11.9 Å². The molecule has 0 aliphatic carbocycles. The summed E-state index contributed by atoms with van der Waals surface area (Å²) < 4.78 is 16.8. The van der Waals surface area contributed by atoms with E-state index in [0.717, 1.165) is 24.0 Å². The molecule has 4 aromatic carbocycles. The Labute approximate surface area is 217 Å². The summed E-state index contributed by atoms with van der Waals surface area (Å²) in [5, 5.41) is 0. The Morgan fingerprint density at radius 1 is 0.730 bits per heavy atom. The predicted octanol–water partition coefficient (Wildman–Crippen LogP) is 6.91. The highest BCUT2D eigenvalue weighted by atomic mass is 16.6. The summed E-state index contributed by atoms with van der Waals surface area (Å²) in [5.41, 5.74) is 3.70. The molecule has 0 saturated heterocycles. The van der Waals surface area contributed by atoms with Crippen molar-refractivity contribution in [3.63, 3.8) is 0 Å². The van der Waals surface area contributed by atoms with Gasteiger partial charge in [0, 0.05) is 0 Å². The first-order chi connectivity index (χ1) is 18.1. The van der Waals surface area contributed by atoms with Crippen LogP contribution in [0, 0.1) is 0 Å². The SMILES string of the molecule is CCC(Oc1ccc(-c2ccccc2)cc1)C(=O)Oc1cccc(C(=O)OCCCc2ccccc2)c1. The molecule has 0 aliphatic rings. The van der Waals surface area contributed by atoms with Gasteiger partial charge in [-0.15, -0.1) is 0 Å². The molecule has 0 fully saturated rings. The fraction of sp³-hybridized carbons (Fsp3) is 0.188. The molecular formula is C32H30O5. The molecule has 0 spiro atoms. The summed E-state index contributed by atoms with van der Waals surface area (Å²) in [4.78, 5) is 25.3. The monoisotopic (exact) mass is 494 g/mol. The lowest BCUT2D eigenvalue weighted by Crippen LogP contribution is -2.30. The van der Waals surface area contributed by atoms with E-state index in [-0.39, 0.29) is 5.75 Å². The number of aryl methyl sites for hydroxylation is 1. The molecule has 0 amide bonds. The molecule has 37 heavy (non-hydrogen) atoms. The van der Waals surface area contributed by atoms with Gasteiger partial charge in [-0.1, -0.05) is 85.8 Å². The predicted molar refractivity (Wildman–Crippen MR) is 144 cm³/mol. The van der Waals surface area contributed by atoms with Gasteiger partial charge in [0.1, 0.15) is 11.5 Å². The van der Waals surface area contributed by atoms with E-state index < -0.39 is 18.0 Å². The molecule has 0 bridgehead atoms. The van der Waals surface area contributed by atoms with Crippen molar-refractivity contribution in [1.29, 1.82) is 0 Å². The first kappa shape index (κ1) is 25.7. The van der Waals surface area contributed by atoms with Gasteiger partial charge in [0.05, 0.1) is 12.2 Å².